The maximum atomic E-state index is 13.1. The number of carbonyl (C=O) groups is 1. The highest BCUT2D eigenvalue weighted by molar-refractivity contribution is 5.78. The van der Waals surface area contributed by atoms with E-state index in [1.807, 2.05) is 6.92 Å². The molecule has 1 amide bonds. The lowest BCUT2D eigenvalue weighted by Gasteiger charge is -2.33. The van der Waals surface area contributed by atoms with E-state index in [4.69, 9.17) is 5.73 Å². The maximum Gasteiger partial charge on any atom is 0.223 e. The summed E-state index contributed by atoms with van der Waals surface area (Å²) in [6.07, 6.45) is 1.62. The zero-order valence-corrected chi connectivity index (χ0v) is 13.4. The van der Waals surface area contributed by atoms with Gasteiger partial charge in [0.25, 0.3) is 0 Å². The van der Waals surface area contributed by atoms with Crippen LogP contribution >= 0.6 is 0 Å². The number of carbonyl (C=O) groups excluding carboxylic acids is 1. The Morgan fingerprint density at radius 1 is 1.29 bits per heavy atom. The van der Waals surface area contributed by atoms with E-state index in [1.165, 1.54) is 12.1 Å². The molecule has 0 aromatic heterocycles. The summed E-state index contributed by atoms with van der Waals surface area (Å²) in [6, 6.07) is 6.17. The Morgan fingerprint density at radius 3 is 2.33 bits per heavy atom. The number of rotatable bonds is 6. The lowest BCUT2D eigenvalue weighted by atomic mass is 9.82. The van der Waals surface area contributed by atoms with Gasteiger partial charge in [-0.25, -0.2) is 4.39 Å². The van der Waals surface area contributed by atoms with Crippen LogP contribution in [0.25, 0.3) is 0 Å². The number of nitrogens with one attached hydrogen (secondary N) is 1. The number of hydrogen-bond donors (Lipinski definition) is 2. The zero-order chi connectivity index (χ0) is 16.0. The first-order chi connectivity index (χ1) is 9.75. The zero-order valence-electron chi connectivity index (χ0n) is 13.4. The molecule has 1 aromatic carbocycles. The molecule has 2 atom stereocenters. The summed E-state index contributed by atoms with van der Waals surface area (Å²) >= 11 is 0. The van der Waals surface area contributed by atoms with E-state index < -0.39 is 0 Å². The second kappa shape index (κ2) is 7.55. The van der Waals surface area contributed by atoms with Gasteiger partial charge in [-0.3, -0.25) is 4.79 Å². The molecule has 0 aliphatic rings. The molecule has 0 aliphatic carbocycles. The molecule has 0 radical (unpaired) electrons. The number of hydrogen-bond acceptors (Lipinski definition) is 2. The molecule has 118 valence electrons. The Kier molecular flexibility index (Phi) is 6.34. The summed E-state index contributed by atoms with van der Waals surface area (Å²) in [5, 5.41) is 3.10. The van der Waals surface area contributed by atoms with E-state index in [2.05, 4.69) is 26.1 Å². The highest BCUT2D eigenvalue weighted by Gasteiger charge is 2.29. The first-order valence-corrected chi connectivity index (χ1v) is 7.51. The largest absolute Gasteiger partial charge is 0.349 e. The predicted octanol–water partition coefficient (Wildman–Crippen LogP) is 3.40. The van der Waals surface area contributed by atoms with Crippen molar-refractivity contribution in [2.75, 3.05) is 6.54 Å². The van der Waals surface area contributed by atoms with E-state index in [9.17, 15) is 9.18 Å². The quantitative estimate of drug-likeness (QED) is 0.845. The Labute approximate surface area is 127 Å². The summed E-state index contributed by atoms with van der Waals surface area (Å²) in [7, 11) is 0. The first-order valence-electron chi connectivity index (χ1n) is 7.51. The van der Waals surface area contributed by atoms with Crippen molar-refractivity contribution in [1.82, 2.24) is 5.32 Å². The van der Waals surface area contributed by atoms with Crippen molar-refractivity contribution in [1.29, 1.82) is 0 Å². The molecular weight excluding hydrogens is 267 g/mol. The molecule has 0 heterocycles. The van der Waals surface area contributed by atoms with Crippen LogP contribution in [0.4, 0.5) is 4.39 Å². The van der Waals surface area contributed by atoms with Crippen LogP contribution in [-0.2, 0) is 4.79 Å². The van der Waals surface area contributed by atoms with Crippen molar-refractivity contribution in [2.24, 2.45) is 17.1 Å². The smallest absolute Gasteiger partial charge is 0.223 e. The molecule has 3 nitrogen and oxygen atoms in total. The lowest BCUT2D eigenvalue weighted by molar-refractivity contribution is -0.126. The Hall–Kier alpha value is -1.42. The standard InChI is InChI=1S/C17H27FN2O/c1-12(6-5-11-19)16(21)20-15(17(2,3)4)13-7-9-14(18)10-8-13/h7-10,12,15H,5-6,11,19H2,1-4H3,(H,20,21). The highest BCUT2D eigenvalue weighted by Crippen LogP contribution is 2.33. The van der Waals surface area contributed by atoms with Gasteiger partial charge in [0.2, 0.25) is 5.91 Å². The van der Waals surface area contributed by atoms with E-state index in [-0.39, 0.29) is 29.1 Å². The fourth-order valence-electron chi connectivity index (χ4n) is 2.29. The van der Waals surface area contributed by atoms with E-state index in [0.717, 1.165) is 18.4 Å². The summed E-state index contributed by atoms with van der Waals surface area (Å²) in [5.74, 6) is -0.319. The van der Waals surface area contributed by atoms with Gasteiger partial charge in [0.15, 0.2) is 0 Å². The van der Waals surface area contributed by atoms with Gasteiger partial charge in [0.1, 0.15) is 5.82 Å². The first kappa shape index (κ1) is 17.6. The van der Waals surface area contributed by atoms with Crippen molar-refractivity contribution in [2.45, 2.75) is 46.6 Å². The third-order valence-corrected chi connectivity index (χ3v) is 3.64. The molecule has 4 heteroatoms. The minimum Gasteiger partial charge on any atom is -0.349 e. The molecule has 0 bridgehead atoms. The van der Waals surface area contributed by atoms with Gasteiger partial charge in [0.05, 0.1) is 6.04 Å². The van der Waals surface area contributed by atoms with Gasteiger partial charge < -0.3 is 11.1 Å². The summed E-state index contributed by atoms with van der Waals surface area (Å²) in [6.45, 7) is 8.69. The minimum absolute atomic E-state index is 0.0210. The van der Waals surface area contributed by atoms with Crippen LogP contribution in [-0.4, -0.2) is 12.5 Å². The molecule has 3 N–H and O–H groups in total. The van der Waals surface area contributed by atoms with Crippen LogP contribution in [0.3, 0.4) is 0 Å². The fraction of sp³-hybridized carbons (Fsp3) is 0.588. The third-order valence-electron chi connectivity index (χ3n) is 3.64. The monoisotopic (exact) mass is 294 g/mol. The Balaban J connectivity index is 2.85. The second-order valence-electron chi connectivity index (χ2n) is 6.69. The summed E-state index contributed by atoms with van der Waals surface area (Å²) in [4.78, 5) is 12.3. The second-order valence-corrected chi connectivity index (χ2v) is 6.69. The molecule has 0 spiro atoms. The number of nitrogens with two attached hydrogens (primary N) is 1. The molecule has 0 fully saturated rings. The summed E-state index contributed by atoms with van der Waals surface area (Å²) < 4.78 is 13.1. The molecule has 0 saturated heterocycles. The van der Waals surface area contributed by atoms with Gasteiger partial charge in [-0.2, -0.15) is 0 Å². The Morgan fingerprint density at radius 2 is 1.86 bits per heavy atom. The number of benzene rings is 1. The molecule has 2 unspecified atom stereocenters. The van der Waals surface area contributed by atoms with Crippen molar-refractivity contribution in [3.63, 3.8) is 0 Å². The lowest BCUT2D eigenvalue weighted by Crippen LogP contribution is -2.39. The highest BCUT2D eigenvalue weighted by atomic mass is 19.1. The minimum atomic E-state index is -0.269. The van der Waals surface area contributed by atoms with E-state index in [1.54, 1.807) is 12.1 Å². The van der Waals surface area contributed by atoms with Gasteiger partial charge in [-0.1, -0.05) is 39.8 Å². The van der Waals surface area contributed by atoms with Crippen LogP contribution in [0, 0.1) is 17.2 Å². The van der Waals surface area contributed by atoms with Crippen LogP contribution < -0.4 is 11.1 Å². The molecule has 0 aliphatic heterocycles. The molecule has 1 rings (SSSR count). The van der Waals surface area contributed by atoms with Crippen LogP contribution in [0.1, 0.15) is 52.1 Å². The van der Waals surface area contributed by atoms with Gasteiger partial charge in [-0.15, -0.1) is 0 Å². The number of halogens is 1. The van der Waals surface area contributed by atoms with Gasteiger partial charge in [-0.05, 0) is 42.5 Å². The molecular formula is C17H27FN2O. The van der Waals surface area contributed by atoms with E-state index in [0.29, 0.717) is 6.54 Å². The van der Waals surface area contributed by atoms with Crippen molar-refractivity contribution < 1.29 is 9.18 Å². The third kappa shape index (κ3) is 5.46. The molecule has 1 aromatic rings. The van der Waals surface area contributed by atoms with Crippen LogP contribution in [0.2, 0.25) is 0 Å². The van der Waals surface area contributed by atoms with Crippen LogP contribution in [0.15, 0.2) is 24.3 Å². The van der Waals surface area contributed by atoms with Crippen molar-refractivity contribution >= 4 is 5.91 Å². The van der Waals surface area contributed by atoms with Crippen molar-refractivity contribution in [3.8, 4) is 0 Å². The van der Waals surface area contributed by atoms with E-state index >= 15 is 0 Å². The topological polar surface area (TPSA) is 55.1 Å². The fourth-order valence-corrected chi connectivity index (χ4v) is 2.29. The van der Waals surface area contributed by atoms with Crippen LogP contribution in [0.5, 0.6) is 0 Å². The maximum absolute atomic E-state index is 13.1. The van der Waals surface area contributed by atoms with Gasteiger partial charge in [0, 0.05) is 5.92 Å². The van der Waals surface area contributed by atoms with Crippen molar-refractivity contribution in [3.05, 3.63) is 35.6 Å². The molecule has 0 saturated carbocycles. The average Bonchev–Trinajstić information content (AvgIpc) is 2.41. The normalized spacial score (nSPS) is 14.6. The van der Waals surface area contributed by atoms with Gasteiger partial charge >= 0.3 is 0 Å². The number of amides is 1. The SMILES string of the molecule is CC(CCCN)C(=O)NC(c1ccc(F)cc1)C(C)(C)C. The predicted molar refractivity (Wildman–Crippen MR) is 84.2 cm³/mol. The summed E-state index contributed by atoms with van der Waals surface area (Å²) in [5.41, 5.74) is 6.25. The average molecular weight is 294 g/mol. The Bertz CT molecular complexity index is 451. The molecule has 21 heavy (non-hydrogen) atoms.